The summed E-state index contributed by atoms with van der Waals surface area (Å²) in [5, 5.41) is 12.8. The van der Waals surface area contributed by atoms with Gasteiger partial charge in [0.1, 0.15) is 6.54 Å². The zero-order chi connectivity index (χ0) is 14.6. The van der Waals surface area contributed by atoms with Gasteiger partial charge in [0.25, 0.3) is 5.69 Å². The molecular formula is C10H13N3O5S. The zero-order valence-electron chi connectivity index (χ0n) is 10.4. The first-order valence-corrected chi connectivity index (χ1v) is 7.03. The summed E-state index contributed by atoms with van der Waals surface area (Å²) in [7, 11) is -2.27. The lowest BCUT2D eigenvalue weighted by atomic mass is 10.3. The van der Waals surface area contributed by atoms with Gasteiger partial charge in [-0.25, -0.2) is 8.42 Å². The topological polar surface area (TPSA) is 110 Å². The highest BCUT2D eigenvalue weighted by atomic mass is 32.2. The van der Waals surface area contributed by atoms with Crippen molar-refractivity contribution in [1.29, 1.82) is 0 Å². The molecule has 0 saturated carbocycles. The smallest absolute Gasteiger partial charge is 0.269 e. The SMILES string of the molecule is CNC(=O)CN(c1ccc([N+](=O)[O-])cc1)S(C)(=O)=O. The molecule has 0 saturated heterocycles. The Morgan fingerprint density at radius 3 is 2.26 bits per heavy atom. The number of nitrogens with zero attached hydrogens (tertiary/aromatic N) is 2. The molecule has 0 aliphatic rings. The summed E-state index contributed by atoms with van der Waals surface area (Å²) in [5.74, 6) is -0.483. The maximum absolute atomic E-state index is 11.6. The van der Waals surface area contributed by atoms with Crippen molar-refractivity contribution < 1.29 is 18.1 Å². The van der Waals surface area contributed by atoms with Crippen LogP contribution < -0.4 is 9.62 Å². The van der Waals surface area contributed by atoms with Gasteiger partial charge < -0.3 is 5.32 Å². The van der Waals surface area contributed by atoms with Gasteiger partial charge in [0.05, 0.1) is 16.9 Å². The number of carbonyl (C=O) groups excluding carboxylic acids is 1. The number of nitro benzene ring substituents is 1. The largest absolute Gasteiger partial charge is 0.358 e. The molecule has 0 spiro atoms. The van der Waals surface area contributed by atoms with Crippen molar-refractivity contribution in [1.82, 2.24) is 5.32 Å². The molecule has 0 radical (unpaired) electrons. The molecule has 1 aromatic rings. The monoisotopic (exact) mass is 287 g/mol. The minimum absolute atomic E-state index is 0.155. The van der Waals surface area contributed by atoms with Crippen molar-refractivity contribution in [3.63, 3.8) is 0 Å². The molecule has 1 aromatic carbocycles. The van der Waals surface area contributed by atoms with E-state index in [1.54, 1.807) is 0 Å². The number of nitrogens with one attached hydrogen (secondary N) is 1. The standard InChI is InChI=1S/C10H13N3O5S/c1-11-10(14)7-12(19(2,17)18)8-3-5-9(6-4-8)13(15)16/h3-6H,7H2,1-2H3,(H,11,14). The number of sulfonamides is 1. The lowest BCUT2D eigenvalue weighted by Gasteiger charge is -2.21. The summed E-state index contributed by atoms with van der Waals surface area (Å²) in [6.45, 7) is -0.382. The van der Waals surface area contributed by atoms with Gasteiger partial charge in [0.15, 0.2) is 0 Å². The third kappa shape index (κ3) is 3.91. The minimum atomic E-state index is -3.65. The van der Waals surface area contributed by atoms with Crippen LogP contribution in [0.4, 0.5) is 11.4 Å². The number of likely N-dealkylation sites (N-methyl/N-ethyl adjacent to an activating group) is 1. The Bertz CT molecular complexity index is 582. The van der Waals surface area contributed by atoms with Crippen LogP contribution in [0.15, 0.2) is 24.3 Å². The van der Waals surface area contributed by atoms with E-state index in [1.807, 2.05) is 0 Å². The minimum Gasteiger partial charge on any atom is -0.358 e. The number of nitro groups is 1. The molecule has 104 valence electrons. The van der Waals surface area contributed by atoms with Crippen molar-refractivity contribution in [2.24, 2.45) is 0 Å². The van der Waals surface area contributed by atoms with Gasteiger partial charge in [0.2, 0.25) is 15.9 Å². The molecule has 19 heavy (non-hydrogen) atoms. The molecule has 8 nitrogen and oxygen atoms in total. The molecule has 1 amide bonds. The highest BCUT2D eigenvalue weighted by Crippen LogP contribution is 2.21. The summed E-state index contributed by atoms with van der Waals surface area (Å²) in [5.41, 5.74) is 0.0360. The first-order valence-electron chi connectivity index (χ1n) is 5.18. The van der Waals surface area contributed by atoms with E-state index in [4.69, 9.17) is 0 Å². The van der Waals surface area contributed by atoms with Gasteiger partial charge in [-0.3, -0.25) is 19.2 Å². The lowest BCUT2D eigenvalue weighted by Crippen LogP contribution is -2.39. The van der Waals surface area contributed by atoms with Gasteiger partial charge >= 0.3 is 0 Å². The normalized spacial score (nSPS) is 10.8. The van der Waals surface area contributed by atoms with Gasteiger partial charge in [-0.15, -0.1) is 0 Å². The van der Waals surface area contributed by atoms with Crippen molar-refractivity contribution in [3.8, 4) is 0 Å². The predicted octanol–water partition coefficient (Wildman–Crippen LogP) is 0.107. The average molecular weight is 287 g/mol. The number of non-ortho nitro benzene ring substituents is 1. The third-order valence-electron chi connectivity index (χ3n) is 2.31. The van der Waals surface area contributed by atoms with Crippen molar-refractivity contribution in [3.05, 3.63) is 34.4 Å². The van der Waals surface area contributed by atoms with E-state index < -0.39 is 20.9 Å². The van der Waals surface area contributed by atoms with Crippen LogP contribution in [-0.2, 0) is 14.8 Å². The number of carbonyl (C=O) groups is 1. The Hall–Kier alpha value is -2.16. The predicted molar refractivity (Wildman–Crippen MR) is 69.4 cm³/mol. The molecule has 0 atom stereocenters. The molecule has 1 N–H and O–H groups in total. The first kappa shape index (κ1) is 14.9. The highest BCUT2D eigenvalue weighted by molar-refractivity contribution is 7.92. The molecule has 0 bridgehead atoms. The fraction of sp³-hybridized carbons (Fsp3) is 0.300. The summed E-state index contributed by atoms with van der Waals surface area (Å²) >= 11 is 0. The van der Waals surface area contributed by atoms with Crippen LogP contribution in [0.5, 0.6) is 0 Å². The van der Waals surface area contributed by atoms with E-state index in [0.29, 0.717) is 0 Å². The summed E-state index contributed by atoms with van der Waals surface area (Å²) < 4.78 is 24.1. The Labute approximate surface area is 110 Å². The third-order valence-corrected chi connectivity index (χ3v) is 3.46. The van der Waals surface area contributed by atoms with Gasteiger partial charge in [-0.2, -0.15) is 0 Å². The summed E-state index contributed by atoms with van der Waals surface area (Å²) in [6, 6.07) is 4.92. The summed E-state index contributed by atoms with van der Waals surface area (Å²) in [6.07, 6.45) is 0.956. The molecular weight excluding hydrogens is 274 g/mol. The highest BCUT2D eigenvalue weighted by Gasteiger charge is 2.20. The van der Waals surface area contributed by atoms with Gasteiger partial charge in [-0.1, -0.05) is 0 Å². The van der Waals surface area contributed by atoms with Crippen LogP contribution in [-0.4, -0.2) is 39.1 Å². The fourth-order valence-electron chi connectivity index (χ4n) is 1.35. The molecule has 0 unspecified atom stereocenters. The molecule has 0 aromatic heterocycles. The quantitative estimate of drug-likeness (QED) is 0.610. The van der Waals surface area contributed by atoms with E-state index in [-0.39, 0.29) is 17.9 Å². The van der Waals surface area contributed by atoms with Crippen LogP contribution >= 0.6 is 0 Å². The second-order valence-electron chi connectivity index (χ2n) is 3.72. The van der Waals surface area contributed by atoms with Crippen LogP contribution in [0.3, 0.4) is 0 Å². The first-order chi connectivity index (χ1) is 8.75. The number of hydrogen-bond acceptors (Lipinski definition) is 5. The zero-order valence-corrected chi connectivity index (χ0v) is 11.2. The summed E-state index contributed by atoms with van der Waals surface area (Å²) in [4.78, 5) is 21.2. The van der Waals surface area contributed by atoms with Crippen LogP contribution in [0.25, 0.3) is 0 Å². The lowest BCUT2D eigenvalue weighted by molar-refractivity contribution is -0.384. The Morgan fingerprint density at radius 2 is 1.89 bits per heavy atom. The maximum Gasteiger partial charge on any atom is 0.269 e. The van der Waals surface area contributed by atoms with Crippen LogP contribution in [0.2, 0.25) is 0 Å². The number of rotatable bonds is 5. The molecule has 0 heterocycles. The molecule has 9 heteroatoms. The van der Waals surface area contributed by atoms with E-state index in [0.717, 1.165) is 10.6 Å². The van der Waals surface area contributed by atoms with E-state index >= 15 is 0 Å². The Balaban J connectivity index is 3.11. The maximum atomic E-state index is 11.6. The molecule has 0 fully saturated rings. The van der Waals surface area contributed by atoms with E-state index in [1.165, 1.54) is 31.3 Å². The average Bonchev–Trinajstić information content (AvgIpc) is 2.34. The van der Waals surface area contributed by atoms with Crippen LogP contribution in [0, 0.1) is 10.1 Å². The Kier molecular flexibility index (Phi) is 4.43. The number of amides is 1. The van der Waals surface area contributed by atoms with Gasteiger partial charge in [-0.05, 0) is 12.1 Å². The van der Waals surface area contributed by atoms with E-state index in [9.17, 15) is 23.3 Å². The van der Waals surface area contributed by atoms with E-state index in [2.05, 4.69) is 5.32 Å². The second-order valence-corrected chi connectivity index (χ2v) is 5.62. The molecule has 0 aliphatic heterocycles. The number of anilines is 1. The fourth-order valence-corrected chi connectivity index (χ4v) is 2.21. The van der Waals surface area contributed by atoms with Crippen LogP contribution in [0.1, 0.15) is 0 Å². The number of hydrogen-bond donors (Lipinski definition) is 1. The molecule has 0 aliphatic carbocycles. The van der Waals surface area contributed by atoms with Gasteiger partial charge in [0, 0.05) is 19.2 Å². The number of benzene rings is 1. The second kappa shape index (κ2) is 5.65. The Morgan fingerprint density at radius 1 is 1.37 bits per heavy atom. The van der Waals surface area contributed by atoms with Crippen molar-refractivity contribution in [2.45, 2.75) is 0 Å². The molecule has 1 rings (SSSR count). The van der Waals surface area contributed by atoms with Crippen molar-refractivity contribution >= 4 is 27.3 Å². The van der Waals surface area contributed by atoms with Crippen molar-refractivity contribution in [2.75, 3.05) is 24.2 Å².